The predicted octanol–water partition coefficient (Wildman–Crippen LogP) is 13.3. The molecule has 0 aliphatic carbocycles. The number of ether oxygens (including phenoxy) is 1. The van der Waals surface area contributed by atoms with Crippen LogP contribution in [0, 0.1) is 24.9 Å². The molecule has 274 valence electrons. The van der Waals surface area contributed by atoms with Gasteiger partial charge in [0.15, 0.2) is 0 Å². The van der Waals surface area contributed by atoms with Gasteiger partial charge in [-0.1, -0.05) is 122 Å². The summed E-state index contributed by atoms with van der Waals surface area (Å²) in [6.45, 7) is 22.4. The fourth-order valence-electron chi connectivity index (χ4n) is 7.31. The minimum absolute atomic E-state index is 0. The molecule has 0 atom stereocenters. The zero-order chi connectivity index (χ0) is 37.3. The van der Waals surface area contributed by atoms with Gasteiger partial charge in [-0.15, -0.1) is 59.7 Å². The van der Waals surface area contributed by atoms with Gasteiger partial charge in [-0.05, 0) is 51.5 Å². The molecule has 0 saturated carbocycles. The standard InChI is InChI=1S/C49H47N3O.Pt/c1-47(2,3)33-17-16-18-35(27-33)52-42-21-12-10-19-39(42)40-26-25-37(31-46(40)52)53-38-29-34(48(4,5)6)28-36(30-38)50-32-51(45-24-15-14-23-44(45)50)43-22-13-11-20-41(43)49(7,8)9;/h10-17,19-29,32H,1-9H3;/q-4;+4. The number of anilines is 4. The minimum Gasteiger partial charge on any atom is -0.509 e. The fraction of sp³-hybridized carbons (Fsp3) is 0.245. The molecule has 2 heterocycles. The summed E-state index contributed by atoms with van der Waals surface area (Å²) in [5.41, 5.74) is 10.9. The van der Waals surface area contributed by atoms with Crippen LogP contribution in [0.5, 0.6) is 11.5 Å². The van der Waals surface area contributed by atoms with Gasteiger partial charge in [0.25, 0.3) is 0 Å². The van der Waals surface area contributed by atoms with E-state index in [0.29, 0.717) is 11.5 Å². The van der Waals surface area contributed by atoms with Crippen LogP contribution in [0.15, 0.2) is 115 Å². The third-order valence-corrected chi connectivity index (χ3v) is 10.2. The molecule has 5 heteroatoms. The number of rotatable bonds is 5. The van der Waals surface area contributed by atoms with Crippen molar-refractivity contribution in [2.24, 2.45) is 0 Å². The molecule has 0 unspecified atom stereocenters. The zero-order valence-corrected chi connectivity index (χ0v) is 34.9. The van der Waals surface area contributed by atoms with E-state index in [9.17, 15) is 0 Å². The number of nitrogens with zero attached hydrogens (tertiary/aromatic N) is 3. The van der Waals surface area contributed by atoms with Crippen molar-refractivity contribution in [3.8, 4) is 17.2 Å². The molecule has 0 spiro atoms. The maximum absolute atomic E-state index is 6.76. The van der Waals surface area contributed by atoms with E-state index in [4.69, 9.17) is 4.74 Å². The number of hydrogen-bond acceptors (Lipinski definition) is 3. The molecule has 1 aliphatic rings. The van der Waals surface area contributed by atoms with Crippen molar-refractivity contribution < 1.29 is 25.8 Å². The van der Waals surface area contributed by atoms with Gasteiger partial charge < -0.3 is 19.1 Å². The first kappa shape index (κ1) is 37.5. The molecule has 0 saturated heterocycles. The first-order valence-electron chi connectivity index (χ1n) is 18.5. The van der Waals surface area contributed by atoms with E-state index in [1.165, 1.54) is 22.2 Å². The predicted molar refractivity (Wildman–Crippen MR) is 221 cm³/mol. The molecular formula is C49H47N3OPt. The van der Waals surface area contributed by atoms with Gasteiger partial charge in [-0.2, -0.15) is 29.8 Å². The molecule has 1 aliphatic heterocycles. The van der Waals surface area contributed by atoms with Crippen molar-refractivity contribution >= 4 is 44.6 Å². The summed E-state index contributed by atoms with van der Waals surface area (Å²) >= 11 is 0. The second-order valence-corrected chi connectivity index (χ2v) is 17.2. The van der Waals surface area contributed by atoms with Crippen molar-refractivity contribution in [1.82, 2.24) is 4.57 Å². The van der Waals surface area contributed by atoms with Gasteiger partial charge >= 0.3 is 21.1 Å². The summed E-state index contributed by atoms with van der Waals surface area (Å²) in [5.74, 6) is 1.28. The molecule has 0 N–H and O–H groups in total. The van der Waals surface area contributed by atoms with Crippen LogP contribution in [0.2, 0.25) is 0 Å². The fourth-order valence-corrected chi connectivity index (χ4v) is 7.31. The normalized spacial score (nSPS) is 13.4. The SMILES string of the molecule is CC(C)(C)c1cc(Oc2[c-]c3c(cc2)c2ccccc2n3-c2[c-]ccc(C(C)(C)C)c2)[c-]c(N2[CH-]N(c3ccccc3C(C)(C)C)c3ccccc32)c1.[Pt+4]. The van der Waals surface area contributed by atoms with Crippen molar-refractivity contribution in [3.63, 3.8) is 0 Å². The average Bonchev–Trinajstić information content (AvgIpc) is 3.67. The van der Waals surface area contributed by atoms with Crippen molar-refractivity contribution in [2.45, 2.75) is 78.6 Å². The second-order valence-electron chi connectivity index (χ2n) is 17.2. The summed E-state index contributed by atoms with van der Waals surface area (Å²) in [6, 6.07) is 51.6. The molecule has 1 aromatic heterocycles. The van der Waals surface area contributed by atoms with Crippen LogP contribution in [-0.2, 0) is 37.3 Å². The topological polar surface area (TPSA) is 20.6 Å². The number of hydrogen-bond donors (Lipinski definition) is 0. The first-order chi connectivity index (χ1) is 25.2. The van der Waals surface area contributed by atoms with E-state index in [2.05, 4.69) is 205 Å². The summed E-state index contributed by atoms with van der Waals surface area (Å²) < 4.78 is 9.02. The van der Waals surface area contributed by atoms with E-state index < -0.39 is 0 Å². The quantitative estimate of drug-likeness (QED) is 0.161. The Morgan fingerprint density at radius 3 is 1.87 bits per heavy atom. The smallest absolute Gasteiger partial charge is 0.509 e. The van der Waals surface area contributed by atoms with E-state index in [0.717, 1.165) is 44.7 Å². The van der Waals surface area contributed by atoms with Crippen LogP contribution in [0.4, 0.5) is 22.7 Å². The van der Waals surface area contributed by atoms with Crippen molar-refractivity contribution in [1.29, 1.82) is 0 Å². The monoisotopic (exact) mass is 888 g/mol. The Hall–Kier alpha value is -4.79. The summed E-state index contributed by atoms with van der Waals surface area (Å²) in [6.07, 6.45) is 0. The molecule has 4 nitrogen and oxygen atoms in total. The van der Waals surface area contributed by atoms with Crippen LogP contribution in [0.3, 0.4) is 0 Å². The Kier molecular flexibility index (Phi) is 9.59. The molecule has 0 amide bonds. The van der Waals surface area contributed by atoms with Crippen LogP contribution < -0.4 is 14.5 Å². The number of fused-ring (bicyclic) bond motifs is 4. The number of para-hydroxylation sites is 4. The van der Waals surface area contributed by atoms with Crippen LogP contribution in [0.25, 0.3) is 27.5 Å². The number of benzene rings is 6. The zero-order valence-electron chi connectivity index (χ0n) is 32.6. The summed E-state index contributed by atoms with van der Waals surface area (Å²) in [4.78, 5) is 4.54. The molecule has 0 bridgehead atoms. The third kappa shape index (κ3) is 6.86. The van der Waals surface area contributed by atoms with Crippen LogP contribution >= 0.6 is 0 Å². The average molecular weight is 889 g/mol. The maximum atomic E-state index is 6.76. The van der Waals surface area contributed by atoms with E-state index in [-0.39, 0.29) is 37.3 Å². The summed E-state index contributed by atoms with van der Waals surface area (Å²) in [7, 11) is 0. The second kappa shape index (κ2) is 13.8. The Balaban J connectivity index is 0.00000450. The molecule has 6 aromatic carbocycles. The Bertz CT molecular complexity index is 2490. The summed E-state index contributed by atoms with van der Waals surface area (Å²) in [5, 5.41) is 2.29. The minimum atomic E-state index is -0.131. The van der Waals surface area contributed by atoms with Gasteiger partial charge in [-0.25, -0.2) is 0 Å². The van der Waals surface area contributed by atoms with Gasteiger partial charge in [0.05, 0.1) is 0 Å². The van der Waals surface area contributed by atoms with E-state index in [1.807, 2.05) is 12.1 Å². The molecule has 7 aromatic rings. The molecule has 0 radical (unpaired) electrons. The van der Waals surface area contributed by atoms with Crippen molar-refractivity contribution in [2.75, 3.05) is 9.80 Å². The van der Waals surface area contributed by atoms with E-state index >= 15 is 0 Å². The van der Waals surface area contributed by atoms with Gasteiger partial charge in [0.1, 0.15) is 0 Å². The largest absolute Gasteiger partial charge is 4.00 e. The third-order valence-electron chi connectivity index (χ3n) is 10.2. The number of aromatic nitrogens is 1. The molecule has 8 rings (SSSR count). The Morgan fingerprint density at radius 1 is 0.537 bits per heavy atom. The maximum Gasteiger partial charge on any atom is 4.00 e. The van der Waals surface area contributed by atoms with Crippen LogP contribution in [-0.4, -0.2) is 4.57 Å². The Morgan fingerprint density at radius 2 is 1.17 bits per heavy atom. The van der Waals surface area contributed by atoms with Gasteiger partial charge in [0.2, 0.25) is 0 Å². The van der Waals surface area contributed by atoms with E-state index in [1.54, 1.807) is 0 Å². The molecular weight excluding hydrogens is 842 g/mol. The van der Waals surface area contributed by atoms with Crippen molar-refractivity contribution in [3.05, 3.63) is 157 Å². The first-order valence-corrected chi connectivity index (χ1v) is 18.5. The van der Waals surface area contributed by atoms with Gasteiger partial charge in [-0.3, -0.25) is 0 Å². The van der Waals surface area contributed by atoms with Crippen LogP contribution in [0.1, 0.15) is 79.0 Å². The molecule has 54 heavy (non-hydrogen) atoms. The van der Waals surface area contributed by atoms with Gasteiger partial charge in [0, 0.05) is 34.1 Å². The Labute approximate surface area is 335 Å². The molecule has 0 fully saturated rings.